The van der Waals surface area contributed by atoms with Gasteiger partial charge in [0.15, 0.2) is 6.61 Å². The van der Waals surface area contributed by atoms with Crippen molar-refractivity contribution in [2.24, 2.45) is 5.73 Å². The van der Waals surface area contributed by atoms with E-state index in [0.29, 0.717) is 16.8 Å². The molecule has 2 heterocycles. The number of rotatable bonds is 6. The van der Waals surface area contributed by atoms with Gasteiger partial charge in [-0.25, -0.2) is 0 Å². The second kappa shape index (κ2) is 7.64. The predicted molar refractivity (Wildman–Crippen MR) is 92.8 cm³/mol. The minimum atomic E-state index is -0.523. The number of halogens is 1. The molecule has 0 radical (unpaired) electrons. The van der Waals surface area contributed by atoms with Crippen molar-refractivity contribution >= 4 is 17.5 Å². The summed E-state index contributed by atoms with van der Waals surface area (Å²) in [6.45, 7) is 1.67. The number of pyridine rings is 1. The fourth-order valence-electron chi connectivity index (χ4n) is 3.07. The Balaban J connectivity index is 1.69. The molecular formula is C18H20ClN3O2. The highest BCUT2D eigenvalue weighted by Gasteiger charge is 2.26. The molecule has 0 bridgehead atoms. The number of hydrogen-bond acceptors (Lipinski definition) is 4. The molecule has 126 valence electrons. The Morgan fingerprint density at radius 2 is 2.25 bits per heavy atom. The zero-order valence-electron chi connectivity index (χ0n) is 13.3. The van der Waals surface area contributed by atoms with Gasteiger partial charge in [0.2, 0.25) is 0 Å². The van der Waals surface area contributed by atoms with Crippen LogP contribution in [0.15, 0.2) is 42.6 Å². The monoisotopic (exact) mass is 345 g/mol. The lowest BCUT2D eigenvalue weighted by Gasteiger charge is -2.24. The molecular weight excluding hydrogens is 326 g/mol. The van der Waals surface area contributed by atoms with Crippen molar-refractivity contribution in [3.63, 3.8) is 0 Å². The SMILES string of the molecule is NC(=O)COc1ccc(CN2CCC[C@@H]2c2ccccn2)cc1Cl. The van der Waals surface area contributed by atoms with Gasteiger partial charge in [0.25, 0.3) is 5.91 Å². The Hall–Kier alpha value is -2.11. The van der Waals surface area contributed by atoms with E-state index in [4.69, 9.17) is 22.1 Å². The highest BCUT2D eigenvalue weighted by atomic mass is 35.5. The molecule has 3 rings (SSSR count). The molecule has 1 aliphatic rings. The summed E-state index contributed by atoms with van der Waals surface area (Å²) in [5, 5.41) is 0.488. The van der Waals surface area contributed by atoms with Crippen molar-refractivity contribution in [2.45, 2.75) is 25.4 Å². The summed E-state index contributed by atoms with van der Waals surface area (Å²) in [4.78, 5) is 17.7. The lowest BCUT2D eigenvalue weighted by Crippen LogP contribution is -2.23. The number of hydrogen-bond donors (Lipinski definition) is 1. The van der Waals surface area contributed by atoms with Gasteiger partial charge in [0.05, 0.1) is 16.8 Å². The first-order valence-corrected chi connectivity index (χ1v) is 8.36. The molecule has 6 heteroatoms. The maximum absolute atomic E-state index is 10.8. The van der Waals surface area contributed by atoms with Gasteiger partial charge in [0, 0.05) is 12.7 Å². The Kier molecular flexibility index (Phi) is 5.33. The van der Waals surface area contributed by atoms with Crippen LogP contribution in [0.25, 0.3) is 0 Å². The van der Waals surface area contributed by atoms with Crippen LogP contribution in [0, 0.1) is 0 Å². The van der Waals surface area contributed by atoms with Gasteiger partial charge < -0.3 is 10.5 Å². The Morgan fingerprint density at radius 3 is 2.96 bits per heavy atom. The van der Waals surface area contributed by atoms with E-state index < -0.39 is 5.91 Å². The van der Waals surface area contributed by atoms with Crippen molar-refractivity contribution in [1.29, 1.82) is 0 Å². The van der Waals surface area contributed by atoms with Crippen LogP contribution in [0.3, 0.4) is 0 Å². The Labute approximate surface area is 146 Å². The zero-order valence-corrected chi connectivity index (χ0v) is 14.1. The number of aromatic nitrogens is 1. The first-order chi connectivity index (χ1) is 11.6. The number of likely N-dealkylation sites (tertiary alicyclic amines) is 1. The molecule has 2 N–H and O–H groups in total. The molecule has 2 aromatic rings. The summed E-state index contributed by atoms with van der Waals surface area (Å²) < 4.78 is 5.28. The van der Waals surface area contributed by atoms with Crippen LogP contribution in [0.2, 0.25) is 5.02 Å². The highest BCUT2D eigenvalue weighted by molar-refractivity contribution is 6.32. The van der Waals surface area contributed by atoms with E-state index in [1.54, 1.807) is 6.07 Å². The largest absolute Gasteiger partial charge is 0.482 e. The molecule has 1 aliphatic heterocycles. The van der Waals surface area contributed by atoms with Crippen LogP contribution in [0.5, 0.6) is 5.75 Å². The molecule has 1 aromatic carbocycles. The van der Waals surface area contributed by atoms with Crippen LogP contribution in [0.1, 0.15) is 30.1 Å². The fraction of sp³-hybridized carbons (Fsp3) is 0.333. The topological polar surface area (TPSA) is 68.5 Å². The summed E-state index contributed by atoms with van der Waals surface area (Å²) in [6.07, 6.45) is 4.12. The van der Waals surface area contributed by atoms with E-state index in [0.717, 1.165) is 37.2 Å². The van der Waals surface area contributed by atoms with Gasteiger partial charge in [-0.05, 0) is 49.2 Å². The van der Waals surface area contributed by atoms with Crippen molar-refractivity contribution in [3.8, 4) is 5.75 Å². The molecule has 24 heavy (non-hydrogen) atoms. The second-order valence-corrected chi connectivity index (χ2v) is 6.31. The van der Waals surface area contributed by atoms with Crippen LogP contribution < -0.4 is 10.5 Å². The standard InChI is InChI=1S/C18H20ClN3O2/c19-14-10-13(6-7-17(14)24-12-18(20)23)11-22-9-3-5-16(22)15-4-1-2-8-21-15/h1-2,4,6-8,10,16H,3,5,9,11-12H2,(H2,20,23)/t16-/m1/s1. The highest BCUT2D eigenvalue weighted by Crippen LogP contribution is 2.33. The van der Waals surface area contributed by atoms with Crippen LogP contribution in [-0.2, 0) is 11.3 Å². The summed E-state index contributed by atoms with van der Waals surface area (Å²) >= 11 is 6.24. The number of ether oxygens (including phenoxy) is 1. The number of amides is 1. The molecule has 5 nitrogen and oxygen atoms in total. The molecule has 1 amide bonds. The van der Waals surface area contributed by atoms with E-state index in [2.05, 4.69) is 16.0 Å². The maximum atomic E-state index is 10.8. The minimum Gasteiger partial charge on any atom is -0.482 e. The van der Waals surface area contributed by atoms with E-state index in [9.17, 15) is 4.79 Å². The summed E-state index contributed by atoms with van der Waals surface area (Å²) in [5.41, 5.74) is 7.30. The summed E-state index contributed by atoms with van der Waals surface area (Å²) in [6, 6.07) is 12.0. The second-order valence-electron chi connectivity index (χ2n) is 5.90. The van der Waals surface area contributed by atoms with Crippen LogP contribution in [0.4, 0.5) is 0 Å². The van der Waals surface area contributed by atoms with E-state index in [-0.39, 0.29) is 6.61 Å². The molecule has 1 aromatic heterocycles. The molecule has 0 spiro atoms. The van der Waals surface area contributed by atoms with Gasteiger partial charge in [-0.3, -0.25) is 14.7 Å². The number of nitrogens with two attached hydrogens (primary N) is 1. The van der Waals surface area contributed by atoms with Gasteiger partial charge in [-0.2, -0.15) is 0 Å². The van der Waals surface area contributed by atoms with Gasteiger partial charge >= 0.3 is 0 Å². The normalized spacial score (nSPS) is 17.8. The van der Waals surface area contributed by atoms with Gasteiger partial charge in [0.1, 0.15) is 5.75 Å². The lowest BCUT2D eigenvalue weighted by molar-refractivity contribution is -0.119. The Bertz CT molecular complexity index is 709. The maximum Gasteiger partial charge on any atom is 0.255 e. The van der Waals surface area contributed by atoms with Crippen LogP contribution in [-0.4, -0.2) is 28.9 Å². The minimum absolute atomic E-state index is 0.174. The van der Waals surface area contributed by atoms with Crippen LogP contribution >= 0.6 is 11.6 Å². The first-order valence-electron chi connectivity index (χ1n) is 7.98. The van der Waals surface area contributed by atoms with Crippen molar-refractivity contribution in [3.05, 3.63) is 58.9 Å². The third-order valence-electron chi connectivity index (χ3n) is 4.14. The molecule has 1 fully saturated rings. The van der Waals surface area contributed by atoms with E-state index in [1.165, 1.54) is 0 Å². The van der Waals surface area contributed by atoms with Gasteiger partial charge in [-0.1, -0.05) is 23.7 Å². The zero-order chi connectivity index (χ0) is 16.9. The van der Waals surface area contributed by atoms with Crippen molar-refractivity contribution in [2.75, 3.05) is 13.2 Å². The van der Waals surface area contributed by atoms with E-state index in [1.807, 2.05) is 30.5 Å². The molecule has 0 aliphatic carbocycles. The third kappa shape index (κ3) is 4.04. The van der Waals surface area contributed by atoms with Gasteiger partial charge in [-0.15, -0.1) is 0 Å². The average Bonchev–Trinajstić information content (AvgIpc) is 3.03. The molecule has 0 unspecified atom stereocenters. The van der Waals surface area contributed by atoms with Crippen molar-refractivity contribution < 1.29 is 9.53 Å². The number of nitrogens with zero attached hydrogens (tertiary/aromatic N) is 2. The number of carbonyl (C=O) groups is 1. The average molecular weight is 346 g/mol. The smallest absolute Gasteiger partial charge is 0.255 e. The number of primary amides is 1. The van der Waals surface area contributed by atoms with E-state index >= 15 is 0 Å². The predicted octanol–water partition coefficient (Wildman–Crippen LogP) is 2.94. The van der Waals surface area contributed by atoms with Crippen molar-refractivity contribution in [1.82, 2.24) is 9.88 Å². The Morgan fingerprint density at radius 1 is 1.38 bits per heavy atom. The number of carbonyl (C=O) groups excluding carboxylic acids is 1. The quantitative estimate of drug-likeness (QED) is 0.874. The third-order valence-corrected chi connectivity index (χ3v) is 4.44. The molecule has 1 atom stereocenters. The summed E-state index contributed by atoms with van der Waals surface area (Å²) in [5.74, 6) is -0.0488. The molecule has 0 saturated carbocycles. The number of benzene rings is 1. The first kappa shape index (κ1) is 16.7. The lowest BCUT2D eigenvalue weighted by atomic mass is 10.1. The summed E-state index contributed by atoms with van der Waals surface area (Å²) in [7, 11) is 0. The fourth-order valence-corrected chi connectivity index (χ4v) is 3.32. The molecule has 1 saturated heterocycles.